The van der Waals surface area contributed by atoms with E-state index >= 15 is 0 Å². The fraction of sp³-hybridized carbons (Fsp3) is 0.941. The molecule has 0 aliphatic rings. The molecule has 0 aromatic heterocycles. The van der Waals surface area contributed by atoms with Crippen molar-refractivity contribution in [2.24, 2.45) is 0 Å². The maximum atomic E-state index is 11.4. The molecule has 1 atom stereocenters. The van der Waals surface area contributed by atoms with Crippen molar-refractivity contribution in [3.63, 3.8) is 0 Å². The van der Waals surface area contributed by atoms with Crippen LogP contribution in [-0.2, 0) is 9.53 Å². The third kappa shape index (κ3) is 9.10. The van der Waals surface area contributed by atoms with Gasteiger partial charge in [-0.15, -0.1) is 0 Å². The van der Waals surface area contributed by atoms with Crippen molar-refractivity contribution in [3.05, 3.63) is 0 Å². The van der Waals surface area contributed by atoms with E-state index in [1.807, 2.05) is 13.8 Å². The summed E-state index contributed by atoms with van der Waals surface area (Å²) in [6.45, 7) is 8.24. The number of rotatable bonds is 15. The molecule has 1 unspecified atom stereocenters. The maximum absolute atomic E-state index is 11.4. The topological polar surface area (TPSA) is 58.6 Å². The quantitative estimate of drug-likeness (QED) is 0.449. The number of carboxylic acids is 1. The van der Waals surface area contributed by atoms with Crippen molar-refractivity contribution in [3.8, 4) is 0 Å². The summed E-state index contributed by atoms with van der Waals surface area (Å²) in [5.74, 6) is -0.747. The highest BCUT2D eigenvalue weighted by Crippen LogP contribution is 2.18. The maximum Gasteiger partial charge on any atom is 0.323 e. The number of hydrogen-bond donors (Lipinski definition) is 2. The molecule has 21 heavy (non-hydrogen) atoms. The molecule has 0 aromatic rings. The third-order valence-corrected chi connectivity index (χ3v) is 4.06. The van der Waals surface area contributed by atoms with Crippen LogP contribution in [0.4, 0.5) is 0 Å². The minimum Gasteiger partial charge on any atom is -0.480 e. The summed E-state index contributed by atoms with van der Waals surface area (Å²) in [7, 11) is 0. The first-order valence-corrected chi connectivity index (χ1v) is 8.69. The zero-order valence-electron chi connectivity index (χ0n) is 14.2. The third-order valence-electron chi connectivity index (χ3n) is 4.06. The van der Waals surface area contributed by atoms with Gasteiger partial charge in [0.1, 0.15) is 5.54 Å². The van der Waals surface area contributed by atoms with Crippen LogP contribution in [0.2, 0.25) is 0 Å². The summed E-state index contributed by atoms with van der Waals surface area (Å²) < 4.78 is 5.62. The normalized spacial score (nSPS) is 14.0. The van der Waals surface area contributed by atoms with Gasteiger partial charge in [-0.05, 0) is 32.2 Å². The Bertz CT molecular complexity index is 258. The highest BCUT2D eigenvalue weighted by atomic mass is 16.5. The number of ether oxygens (including phenoxy) is 1. The van der Waals surface area contributed by atoms with E-state index in [1.54, 1.807) is 0 Å². The molecule has 0 amide bonds. The predicted octanol–water partition coefficient (Wildman–Crippen LogP) is 3.99. The van der Waals surface area contributed by atoms with Gasteiger partial charge in [-0.2, -0.15) is 0 Å². The van der Waals surface area contributed by atoms with Crippen LogP contribution in [0.3, 0.4) is 0 Å². The molecule has 0 radical (unpaired) electrons. The molecule has 0 saturated carbocycles. The zero-order valence-corrected chi connectivity index (χ0v) is 14.2. The molecule has 0 bridgehead atoms. The lowest BCUT2D eigenvalue weighted by molar-refractivity contribution is -0.145. The first-order chi connectivity index (χ1) is 10.1. The summed E-state index contributed by atoms with van der Waals surface area (Å²) in [6.07, 6.45) is 9.64. The highest BCUT2D eigenvalue weighted by Gasteiger charge is 2.34. The zero-order chi connectivity index (χ0) is 16.0. The Morgan fingerprint density at radius 3 is 2.19 bits per heavy atom. The number of carbonyl (C=O) groups is 1. The van der Waals surface area contributed by atoms with Crippen LogP contribution >= 0.6 is 0 Å². The van der Waals surface area contributed by atoms with Gasteiger partial charge < -0.3 is 15.2 Å². The van der Waals surface area contributed by atoms with Crippen LogP contribution in [0.15, 0.2) is 0 Å². The van der Waals surface area contributed by atoms with Crippen LogP contribution in [-0.4, -0.2) is 36.4 Å². The highest BCUT2D eigenvalue weighted by molar-refractivity contribution is 5.78. The molecular weight excluding hydrogens is 266 g/mol. The fourth-order valence-corrected chi connectivity index (χ4v) is 2.62. The van der Waals surface area contributed by atoms with E-state index in [0.717, 1.165) is 19.4 Å². The van der Waals surface area contributed by atoms with Crippen molar-refractivity contribution in [1.82, 2.24) is 5.32 Å². The van der Waals surface area contributed by atoms with Crippen molar-refractivity contribution in [2.45, 2.75) is 84.1 Å². The van der Waals surface area contributed by atoms with E-state index in [2.05, 4.69) is 12.2 Å². The van der Waals surface area contributed by atoms with Gasteiger partial charge >= 0.3 is 5.97 Å². The summed E-state index contributed by atoms with van der Waals surface area (Å²) in [4.78, 5) is 11.4. The Hall–Kier alpha value is -0.610. The molecule has 0 heterocycles. The Morgan fingerprint density at radius 2 is 1.62 bits per heavy atom. The average molecular weight is 301 g/mol. The summed E-state index contributed by atoms with van der Waals surface area (Å²) >= 11 is 0. The number of nitrogens with one attached hydrogen (secondary N) is 1. The number of aliphatic carboxylic acids is 1. The molecule has 0 saturated heterocycles. The van der Waals surface area contributed by atoms with E-state index in [0.29, 0.717) is 26.0 Å². The van der Waals surface area contributed by atoms with E-state index in [9.17, 15) is 9.90 Å². The van der Waals surface area contributed by atoms with Gasteiger partial charge in [-0.25, -0.2) is 0 Å². The van der Waals surface area contributed by atoms with E-state index in [-0.39, 0.29) is 0 Å². The Kier molecular flexibility index (Phi) is 12.7. The van der Waals surface area contributed by atoms with Crippen LogP contribution < -0.4 is 5.32 Å². The molecule has 0 aliphatic carbocycles. The second kappa shape index (κ2) is 13.1. The van der Waals surface area contributed by atoms with Gasteiger partial charge in [0, 0.05) is 13.2 Å². The first kappa shape index (κ1) is 20.4. The van der Waals surface area contributed by atoms with Crippen molar-refractivity contribution in [2.75, 3.05) is 19.8 Å². The smallest absolute Gasteiger partial charge is 0.323 e. The fourth-order valence-electron chi connectivity index (χ4n) is 2.62. The van der Waals surface area contributed by atoms with Gasteiger partial charge in [0.2, 0.25) is 0 Å². The number of hydrogen-bond acceptors (Lipinski definition) is 3. The Morgan fingerprint density at radius 1 is 1.00 bits per heavy atom. The van der Waals surface area contributed by atoms with Crippen molar-refractivity contribution >= 4 is 5.97 Å². The SMILES string of the molecule is CCCCCCCCOCCCC(CC)(NCC)C(=O)O. The molecule has 126 valence electrons. The van der Waals surface area contributed by atoms with Gasteiger partial charge in [0.05, 0.1) is 0 Å². The lowest BCUT2D eigenvalue weighted by Gasteiger charge is -2.29. The van der Waals surface area contributed by atoms with E-state index < -0.39 is 11.5 Å². The molecule has 0 spiro atoms. The lowest BCUT2D eigenvalue weighted by Crippen LogP contribution is -2.51. The van der Waals surface area contributed by atoms with Crippen LogP contribution in [0.25, 0.3) is 0 Å². The van der Waals surface area contributed by atoms with Gasteiger partial charge in [-0.1, -0.05) is 52.9 Å². The predicted molar refractivity (Wildman–Crippen MR) is 87.8 cm³/mol. The van der Waals surface area contributed by atoms with Gasteiger partial charge in [0.25, 0.3) is 0 Å². The molecule has 0 fully saturated rings. The summed E-state index contributed by atoms with van der Waals surface area (Å²) in [6, 6.07) is 0. The Balaban J connectivity index is 3.65. The second-order valence-corrected chi connectivity index (χ2v) is 5.75. The minimum atomic E-state index is -0.780. The molecule has 0 rings (SSSR count). The number of carboxylic acid groups (broad SMARTS) is 1. The molecule has 2 N–H and O–H groups in total. The largest absolute Gasteiger partial charge is 0.480 e. The monoisotopic (exact) mass is 301 g/mol. The van der Waals surface area contributed by atoms with E-state index in [1.165, 1.54) is 32.1 Å². The van der Waals surface area contributed by atoms with Gasteiger partial charge in [0.15, 0.2) is 0 Å². The molecular formula is C17H35NO3. The van der Waals surface area contributed by atoms with Crippen molar-refractivity contribution < 1.29 is 14.6 Å². The second-order valence-electron chi connectivity index (χ2n) is 5.75. The molecule has 4 nitrogen and oxygen atoms in total. The molecule has 0 aliphatic heterocycles. The minimum absolute atomic E-state index is 0.605. The summed E-state index contributed by atoms with van der Waals surface area (Å²) in [5, 5.41) is 12.5. The van der Waals surface area contributed by atoms with E-state index in [4.69, 9.17) is 4.74 Å². The van der Waals surface area contributed by atoms with Crippen molar-refractivity contribution in [1.29, 1.82) is 0 Å². The lowest BCUT2D eigenvalue weighted by atomic mass is 9.90. The molecule has 4 heteroatoms. The van der Waals surface area contributed by atoms with Crippen LogP contribution in [0.5, 0.6) is 0 Å². The van der Waals surface area contributed by atoms with Gasteiger partial charge in [-0.3, -0.25) is 4.79 Å². The Labute approximate surface area is 130 Å². The standard InChI is InChI=1S/C17H35NO3/c1-4-7-8-9-10-11-14-21-15-12-13-17(5-2,16(19)20)18-6-3/h18H,4-15H2,1-3H3,(H,19,20). The number of unbranched alkanes of at least 4 members (excludes halogenated alkanes) is 5. The molecule has 0 aromatic carbocycles. The van der Waals surface area contributed by atoms with Crippen LogP contribution in [0, 0.1) is 0 Å². The van der Waals surface area contributed by atoms with Crippen LogP contribution in [0.1, 0.15) is 78.6 Å². The average Bonchev–Trinajstić information content (AvgIpc) is 2.47. The summed E-state index contributed by atoms with van der Waals surface area (Å²) in [5.41, 5.74) is -0.780. The first-order valence-electron chi connectivity index (χ1n) is 8.69. The number of likely N-dealkylation sites (N-methyl/N-ethyl adjacent to an activating group) is 1.